The van der Waals surface area contributed by atoms with Crippen LogP contribution < -0.4 is 30.2 Å². The van der Waals surface area contributed by atoms with Gasteiger partial charge < -0.3 is 25.8 Å². The summed E-state index contributed by atoms with van der Waals surface area (Å²) in [5.41, 5.74) is 7.91. The minimum atomic E-state index is -2.90. The lowest BCUT2D eigenvalue weighted by Crippen LogP contribution is -2.58. The summed E-state index contributed by atoms with van der Waals surface area (Å²) in [7, 11) is 2.94. The third-order valence-corrected chi connectivity index (χ3v) is 8.44. The Morgan fingerprint density at radius 3 is 2.58 bits per heavy atom. The number of imidazole rings is 1. The molecule has 1 saturated carbocycles. The lowest BCUT2D eigenvalue weighted by atomic mass is 9.79. The molecule has 0 bridgehead atoms. The number of hydrogen-bond acceptors (Lipinski definition) is 7. The first kappa shape index (κ1) is 31.8. The summed E-state index contributed by atoms with van der Waals surface area (Å²) in [6, 6.07) is 4.63. The number of aromatic amines is 1. The first-order chi connectivity index (χ1) is 21.6. The maximum atomic E-state index is 13.6. The number of H-pyrrole nitrogens is 1. The quantitative estimate of drug-likeness (QED) is 0.232. The van der Waals surface area contributed by atoms with E-state index in [9.17, 15) is 18.4 Å². The molecule has 4 N–H and O–H groups in total. The van der Waals surface area contributed by atoms with Gasteiger partial charge in [-0.15, -0.1) is 0 Å². The molecule has 5 rings (SSSR count). The number of rotatable bonds is 10. The van der Waals surface area contributed by atoms with Crippen molar-refractivity contribution in [3.05, 3.63) is 54.3 Å². The molecule has 0 radical (unpaired) electrons. The van der Waals surface area contributed by atoms with E-state index in [1.54, 1.807) is 18.3 Å². The van der Waals surface area contributed by atoms with Crippen molar-refractivity contribution in [1.29, 1.82) is 0 Å². The minimum Gasteiger partial charge on any atom is -0.405 e. The van der Waals surface area contributed by atoms with Gasteiger partial charge in [-0.05, 0) is 65.7 Å². The van der Waals surface area contributed by atoms with Crippen LogP contribution in [0, 0.1) is 11.8 Å². The van der Waals surface area contributed by atoms with Gasteiger partial charge in [-0.25, -0.2) is 8.78 Å². The Bertz CT molecular complexity index is 1620. The van der Waals surface area contributed by atoms with Crippen LogP contribution >= 0.6 is 0 Å². The Morgan fingerprint density at radius 2 is 1.96 bits per heavy atom. The van der Waals surface area contributed by atoms with E-state index < -0.39 is 31.0 Å². The fourth-order valence-corrected chi connectivity index (χ4v) is 6.06. The average molecular weight is 627 g/mol. The average Bonchev–Trinajstić information content (AvgIpc) is 3.45. The van der Waals surface area contributed by atoms with E-state index in [2.05, 4.69) is 22.2 Å². The number of nitrogens with two attached hydrogens (primary N) is 1. The zero-order valence-electron chi connectivity index (χ0n) is 25.9. The first-order valence-corrected chi connectivity index (χ1v) is 15.1. The van der Waals surface area contributed by atoms with Gasteiger partial charge in [0, 0.05) is 17.3 Å². The summed E-state index contributed by atoms with van der Waals surface area (Å²) in [5.74, 6) is -2.51. The van der Waals surface area contributed by atoms with Crippen LogP contribution in [-0.2, 0) is 4.79 Å². The summed E-state index contributed by atoms with van der Waals surface area (Å²) in [6.07, 6.45) is 9.78. The van der Waals surface area contributed by atoms with Crippen LogP contribution in [0.2, 0.25) is 0 Å². The third kappa shape index (κ3) is 6.59. The largest absolute Gasteiger partial charge is 0.405 e. The zero-order valence-corrected chi connectivity index (χ0v) is 25.9. The second kappa shape index (κ2) is 13.2. The number of likely N-dealkylation sites (tertiary alicyclic amines) is 1. The van der Waals surface area contributed by atoms with Crippen molar-refractivity contribution in [3.63, 3.8) is 0 Å². The molecule has 1 saturated heterocycles. The van der Waals surface area contributed by atoms with Crippen molar-refractivity contribution in [1.82, 2.24) is 20.2 Å². The smallest absolute Gasteiger partial charge is 0.388 e. The van der Waals surface area contributed by atoms with Crippen molar-refractivity contribution in [2.45, 2.75) is 51.5 Å². The number of halogens is 2. The van der Waals surface area contributed by atoms with Gasteiger partial charge in [-0.2, -0.15) is 0 Å². The number of carbonyl (C=O) groups excluding carboxylic acids is 2. The van der Waals surface area contributed by atoms with Gasteiger partial charge in [-0.1, -0.05) is 19.8 Å². The number of aromatic nitrogens is 4. The second-order valence-corrected chi connectivity index (χ2v) is 11.6. The van der Waals surface area contributed by atoms with E-state index in [-0.39, 0.29) is 23.1 Å². The summed E-state index contributed by atoms with van der Waals surface area (Å²) in [5, 5.41) is 3.15. The molecular formula is C31H40F2N8O4+2. The Hall–Kier alpha value is -4.62. The maximum Gasteiger partial charge on any atom is 0.388 e. The van der Waals surface area contributed by atoms with Crippen molar-refractivity contribution in [2.24, 2.45) is 22.6 Å². The van der Waals surface area contributed by atoms with Crippen molar-refractivity contribution < 1.29 is 37.5 Å². The van der Waals surface area contributed by atoms with Crippen LogP contribution in [0.25, 0.3) is 22.4 Å². The standard InChI is InChI=1S/C31H38F2N8O4/c1-5-35-24(12-14-34)29(42)37-26(20-8-6-19(2)7-9-20)27-36-23-10-11-25(41(45-4)28(23)38-27)22-16-40(44-3)15-13-21(22)30(43)39-17-31(32,33)18-39/h10-16,19-20,26H,5-9,17-18H2,1-4H3,(H2-,34,35,37,42)/p+2. The van der Waals surface area contributed by atoms with Gasteiger partial charge in [0.05, 0.1) is 18.7 Å². The van der Waals surface area contributed by atoms with E-state index in [1.165, 1.54) is 48.2 Å². The highest BCUT2D eigenvalue weighted by atomic mass is 19.3. The highest BCUT2D eigenvalue weighted by Gasteiger charge is 2.47. The highest BCUT2D eigenvalue weighted by molar-refractivity contribution is 6.43. The predicted molar refractivity (Wildman–Crippen MR) is 161 cm³/mol. The maximum absolute atomic E-state index is 13.6. The molecule has 2 fully saturated rings. The van der Waals surface area contributed by atoms with Gasteiger partial charge in [0.2, 0.25) is 18.2 Å². The molecule has 1 aliphatic carbocycles. The number of amides is 2. The van der Waals surface area contributed by atoms with E-state index in [0.717, 1.165) is 30.6 Å². The van der Waals surface area contributed by atoms with E-state index in [4.69, 9.17) is 20.4 Å². The highest BCUT2D eigenvalue weighted by Crippen LogP contribution is 2.37. The number of nitrogens with zero attached hydrogens (tertiary/aromatic N) is 5. The summed E-state index contributed by atoms with van der Waals surface area (Å²) in [4.78, 5) is 51.5. The van der Waals surface area contributed by atoms with Crippen molar-refractivity contribution >= 4 is 28.7 Å². The molecule has 240 valence electrons. The SMILES string of the molecule is CCN=C(/C=C\N)C(=O)NC(c1nc2c(ccc(-c3c[n+](OC)ccc3C(=O)N3CC(F)(F)C3)[n+]2OC)[nH]1)C1CCC(C)CC1. The van der Waals surface area contributed by atoms with Crippen LogP contribution in [0.5, 0.6) is 0 Å². The summed E-state index contributed by atoms with van der Waals surface area (Å²) in [6.45, 7) is 3.21. The van der Waals surface area contributed by atoms with Crippen LogP contribution in [0.15, 0.2) is 47.9 Å². The van der Waals surface area contributed by atoms with Gasteiger partial charge in [0.25, 0.3) is 17.7 Å². The number of nitrogens with one attached hydrogen (secondary N) is 2. The predicted octanol–water partition coefficient (Wildman–Crippen LogP) is 1.93. The lowest BCUT2D eigenvalue weighted by Gasteiger charge is -2.38. The molecule has 3 aromatic rings. The third-order valence-electron chi connectivity index (χ3n) is 8.44. The summed E-state index contributed by atoms with van der Waals surface area (Å²) >= 11 is 0. The molecule has 3 aromatic heterocycles. The minimum absolute atomic E-state index is 0.125. The Balaban J connectivity index is 1.57. The molecular weight excluding hydrogens is 586 g/mol. The van der Waals surface area contributed by atoms with Crippen molar-refractivity contribution in [2.75, 3.05) is 33.9 Å². The molecule has 0 spiro atoms. The zero-order chi connectivity index (χ0) is 32.3. The monoisotopic (exact) mass is 626 g/mol. The van der Waals surface area contributed by atoms with E-state index >= 15 is 0 Å². The molecule has 1 unspecified atom stereocenters. The van der Waals surface area contributed by atoms with Crippen LogP contribution in [0.4, 0.5) is 8.78 Å². The fraction of sp³-hybridized carbons (Fsp3) is 0.484. The number of alkyl halides is 2. The first-order valence-electron chi connectivity index (χ1n) is 15.1. The van der Waals surface area contributed by atoms with Crippen LogP contribution in [0.3, 0.4) is 0 Å². The van der Waals surface area contributed by atoms with E-state index in [1.807, 2.05) is 6.92 Å². The molecule has 1 aliphatic heterocycles. The Labute approximate surface area is 259 Å². The lowest BCUT2D eigenvalue weighted by molar-refractivity contribution is -0.886. The van der Waals surface area contributed by atoms with Gasteiger partial charge >= 0.3 is 5.65 Å². The molecule has 12 nitrogen and oxygen atoms in total. The molecule has 0 aromatic carbocycles. The number of aliphatic imine (C=N–C) groups is 1. The van der Waals surface area contributed by atoms with Gasteiger partial charge in [0.15, 0.2) is 5.69 Å². The molecule has 45 heavy (non-hydrogen) atoms. The number of hydrogen-bond donors (Lipinski definition) is 3. The molecule has 4 heterocycles. The topological polar surface area (TPSA) is 143 Å². The fourth-order valence-electron chi connectivity index (χ4n) is 6.06. The van der Waals surface area contributed by atoms with Crippen molar-refractivity contribution in [3.8, 4) is 11.3 Å². The van der Waals surface area contributed by atoms with Gasteiger partial charge in [-0.3, -0.25) is 19.4 Å². The molecule has 14 heteroatoms. The molecule has 1 atom stereocenters. The molecule has 2 amide bonds. The van der Waals surface area contributed by atoms with Gasteiger partial charge in [0.1, 0.15) is 37.1 Å². The summed E-state index contributed by atoms with van der Waals surface area (Å²) < 4.78 is 30.1. The number of fused-ring (bicyclic) bond motifs is 1. The van der Waals surface area contributed by atoms with Crippen LogP contribution in [-0.4, -0.2) is 72.2 Å². The Morgan fingerprint density at radius 1 is 1.22 bits per heavy atom. The van der Waals surface area contributed by atoms with E-state index in [0.29, 0.717) is 40.7 Å². The Kier molecular flexibility index (Phi) is 9.30. The number of carbonyl (C=O) groups is 2. The second-order valence-electron chi connectivity index (χ2n) is 11.6. The normalized spacial score (nSPS) is 20.6. The van der Waals surface area contributed by atoms with Crippen LogP contribution in [0.1, 0.15) is 61.8 Å². The molecule has 2 aliphatic rings. The number of pyridine rings is 2.